The minimum Gasteiger partial charge on any atom is -0.478 e. The molecule has 0 spiro atoms. The highest BCUT2D eigenvalue weighted by Gasteiger charge is 2.36. The molecule has 2 heterocycles. The molecule has 1 saturated heterocycles. The lowest BCUT2D eigenvalue weighted by Crippen LogP contribution is -2.52. The number of fused-ring (bicyclic) bond motifs is 1. The van der Waals surface area contributed by atoms with E-state index in [1.54, 1.807) is 44.3 Å². The maximum Gasteiger partial charge on any atom is 0.266 e. The van der Waals surface area contributed by atoms with Crippen molar-refractivity contribution in [2.24, 2.45) is 0 Å². The molecule has 156 valence electrons. The number of ether oxygens (including phenoxy) is 2. The number of carbonyl (C=O) groups is 1. The van der Waals surface area contributed by atoms with Crippen LogP contribution in [0.5, 0.6) is 11.6 Å². The second-order valence-corrected chi connectivity index (χ2v) is 8.31. The summed E-state index contributed by atoms with van der Waals surface area (Å²) >= 11 is 5.92. The molecular weight excluding hydrogens is 402 g/mol. The summed E-state index contributed by atoms with van der Waals surface area (Å²) < 4.78 is 12.0. The molecule has 2 aromatic carbocycles. The topological polar surface area (TPSA) is 64.5 Å². The summed E-state index contributed by atoms with van der Waals surface area (Å²) in [7, 11) is 0. The van der Waals surface area contributed by atoms with E-state index in [4.69, 9.17) is 21.1 Å². The molecule has 3 aromatic rings. The van der Waals surface area contributed by atoms with Gasteiger partial charge in [-0.2, -0.15) is 0 Å². The van der Waals surface area contributed by atoms with Crippen molar-refractivity contribution < 1.29 is 14.3 Å². The average Bonchev–Trinajstić information content (AvgIpc) is 2.75. The van der Waals surface area contributed by atoms with Crippen molar-refractivity contribution in [3.05, 3.63) is 59.8 Å². The molecule has 1 aliphatic rings. The van der Waals surface area contributed by atoms with E-state index < -0.39 is 5.60 Å². The molecule has 1 fully saturated rings. The van der Waals surface area contributed by atoms with Crippen molar-refractivity contribution in [1.82, 2.24) is 14.9 Å². The predicted octanol–water partition coefficient (Wildman–Crippen LogP) is 4.51. The zero-order valence-electron chi connectivity index (χ0n) is 17.0. The summed E-state index contributed by atoms with van der Waals surface area (Å²) in [4.78, 5) is 23.8. The number of carbonyl (C=O) groups excluding carboxylic acids is 1. The van der Waals surface area contributed by atoms with Gasteiger partial charge in [0.15, 0.2) is 5.60 Å². The lowest BCUT2D eigenvalue weighted by molar-refractivity contribution is -0.147. The second-order valence-electron chi connectivity index (χ2n) is 7.87. The molecule has 0 aliphatic carbocycles. The molecule has 0 bridgehead atoms. The monoisotopic (exact) mass is 425 g/mol. The number of nitrogens with zero attached hydrogens (tertiary/aromatic N) is 3. The van der Waals surface area contributed by atoms with E-state index in [0.717, 1.165) is 23.9 Å². The third-order valence-corrected chi connectivity index (χ3v) is 5.40. The highest BCUT2D eigenvalue weighted by Crippen LogP contribution is 2.25. The molecule has 0 N–H and O–H groups in total. The van der Waals surface area contributed by atoms with Crippen molar-refractivity contribution in [1.29, 1.82) is 0 Å². The van der Waals surface area contributed by atoms with E-state index in [9.17, 15) is 4.79 Å². The van der Waals surface area contributed by atoms with Crippen LogP contribution in [-0.2, 0) is 4.79 Å². The first-order valence-electron chi connectivity index (χ1n) is 10.0. The fourth-order valence-electron chi connectivity index (χ4n) is 3.57. The minimum absolute atomic E-state index is 0.00445. The van der Waals surface area contributed by atoms with Crippen LogP contribution in [0, 0.1) is 0 Å². The molecular formula is C23H24ClN3O3. The quantitative estimate of drug-likeness (QED) is 0.601. The molecule has 0 atom stereocenters. The maximum atomic E-state index is 13.0. The van der Waals surface area contributed by atoms with Crippen LogP contribution >= 0.6 is 11.6 Å². The second kappa shape index (κ2) is 8.48. The van der Waals surface area contributed by atoms with E-state index >= 15 is 0 Å². The van der Waals surface area contributed by atoms with Gasteiger partial charge in [0.1, 0.15) is 11.9 Å². The Morgan fingerprint density at radius 2 is 1.73 bits per heavy atom. The van der Waals surface area contributed by atoms with Crippen LogP contribution in [0.1, 0.15) is 26.7 Å². The van der Waals surface area contributed by atoms with Gasteiger partial charge in [-0.3, -0.25) is 4.79 Å². The van der Waals surface area contributed by atoms with Crippen molar-refractivity contribution in [2.75, 3.05) is 13.1 Å². The number of hydrogen-bond donors (Lipinski definition) is 0. The van der Waals surface area contributed by atoms with Crippen LogP contribution in [0.25, 0.3) is 11.0 Å². The van der Waals surface area contributed by atoms with E-state index in [1.807, 2.05) is 29.2 Å². The average molecular weight is 426 g/mol. The summed E-state index contributed by atoms with van der Waals surface area (Å²) in [5.74, 6) is 1.09. The van der Waals surface area contributed by atoms with Crippen molar-refractivity contribution in [2.45, 2.75) is 38.4 Å². The smallest absolute Gasteiger partial charge is 0.266 e. The predicted molar refractivity (Wildman–Crippen MR) is 116 cm³/mol. The Balaban J connectivity index is 1.33. The third kappa shape index (κ3) is 4.65. The van der Waals surface area contributed by atoms with Crippen molar-refractivity contribution in [3.63, 3.8) is 0 Å². The molecule has 1 aromatic heterocycles. The van der Waals surface area contributed by atoms with E-state index in [1.165, 1.54) is 0 Å². The van der Waals surface area contributed by atoms with Gasteiger partial charge in [0.25, 0.3) is 5.91 Å². The maximum absolute atomic E-state index is 13.0. The summed E-state index contributed by atoms with van der Waals surface area (Å²) in [6, 6.07) is 14.7. The largest absolute Gasteiger partial charge is 0.478 e. The van der Waals surface area contributed by atoms with Gasteiger partial charge >= 0.3 is 0 Å². The fraction of sp³-hybridized carbons (Fsp3) is 0.348. The van der Waals surface area contributed by atoms with Gasteiger partial charge in [-0.05, 0) is 50.2 Å². The summed E-state index contributed by atoms with van der Waals surface area (Å²) in [5.41, 5.74) is 0.683. The first-order valence-corrected chi connectivity index (χ1v) is 10.4. The summed E-state index contributed by atoms with van der Waals surface area (Å²) in [6.45, 7) is 4.80. The van der Waals surface area contributed by atoms with Gasteiger partial charge in [0.05, 0.1) is 17.2 Å². The summed E-state index contributed by atoms with van der Waals surface area (Å²) in [5, 5.41) is 0.629. The first-order chi connectivity index (χ1) is 14.4. The van der Waals surface area contributed by atoms with Crippen LogP contribution < -0.4 is 9.47 Å². The van der Waals surface area contributed by atoms with Gasteiger partial charge in [-0.25, -0.2) is 9.97 Å². The first kappa shape index (κ1) is 20.4. The number of hydrogen-bond acceptors (Lipinski definition) is 5. The zero-order valence-corrected chi connectivity index (χ0v) is 17.8. The van der Waals surface area contributed by atoms with Crippen LogP contribution in [0.3, 0.4) is 0 Å². The Morgan fingerprint density at radius 3 is 2.43 bits per heavy atom. The zero-order chi connectivity index (χ0) is 21.1. The number of aromatic nitrogens is 2. The highest BCUT2D eigenvalue weighted by molar-refractivity contribution is 6.30. The lowest BCUT2D eigenvalue weighted by Gasteiger charge is -2.36. The Hall–Kier alpha value is -2.86. The minimum atomic E-state index is -0.967. The molecule has 4 rings (SSSR count). The third-order valence-electron chi connectivity index (χ3n) is 5.14. The number of halogens is 1. The molecule has 6 nitrogen and oxygen atoms in total. The summed E-state index contributed by atoms with van der Waals surface area (Å²) in [6.07, 6.45) is 3.13. The van der Waals surface area contributed by atoms with E-state index in [2.05, 4.69) is 9.97 Å². The number of para-hydroxylation sites is 2. The highest BCUT2D eigenvalue weighted by atomic mass is 35.5. The van der Waals surface area contributed by atoms with E-state index in [0.29, 0.717) is 29.7 Å². The molecule has 30 heavy (non-hydrogen) atoms. The molecule has 1 aliphatic heterocycles. The van der Waals surface area contributed by atoms with Crippen LogP contribution in [0.15, 0.2) is 54.7 Å². The molecule has 7 heteroatoms. The number of likely N-dealkylation sites (tertiary alicyclic amines) is 1. The normalized spacial score (nSPS) is 15.2. The fourth-order valence-corrected chi connectivity index (χ4v) is 3.69. The van der Waals surface area contributed by atoms with E-state index in [-0.39, 0.29) is 12.0 Å². The van der Waals surface area contributed by atoms with Crippen LogP contribution in [0.2, 0.25) is 5.02 Å². The van der Waals surface area contributed by atoms with Crippen molar-refractivity contribution >= 4 is 28.5 Å². The van der Waals surface area contributed by atoms with Crippen molar-refractivity contribution in [3.8, 4) is 11.6 Å². The number of amides is 1. The molecule has 0 saturated carbocycles. The van der Waals surface area contributed by atoms with Gasteiger partial charge in [0, 0.05) is 31.0 Å². The Labute approximate surface area is 180 Å². The SMILES string of the molecule is CC(C)(Oc1ccc(Cl)cc1)C(=O)N1CCC(Oc2cnc3ccccc3n2)CC1. The molecule has 0 unspecified atom stereocenters. The standard InChI is InChI=1S/C23H24ClN3O3/c1-23(2,30-18-9-7-16(24)8-10-18)22(28)27-13-11-17(12-14-27)29-21-15-25-19-5-3-4-6-20(19)26-21/h3-10,15,17H,11-14H2,1-2H3. The van der Waals surface area contributed by atoms with Gasteiger partial charge in [-0.1, -0.05) is 23.7 Å². The molecule has 1 amide bonds. The Kier molecular flexibility index (Phi) is 5.77. The van der Waals surface area contributed by atoms with Crippen LogP contribution in [-0.4, -0.2) is 45.6 Å². The van der Waals surface area contributed by atoms with Gasteiger partial charge in [-0.15, -0.1) is 0 Å². The number of rotatable bonds is 5. The number of benzene rings is 2. The van der Waals surface area contributed by atoms with Gasteiger partial charge < -0.3 is 14.4 Å². The Morgan fingerprint density at radius 1 is 1.07 bits per heavy atom. The number of piperidine rings is 1. The lowest BCUT2D eigenvalue weighted by atomic mass is 10.0. The molecule has 0 radical (unpaired) electrons. The van der Waals surface area contributed by atoms with Gasteiger partial charge in [0.2, 0.25) is 5.88 Å². The Bertz CT molecular complexity index is 1030. The van der Waals surface area contributed by atoms with Crippen LogP contribution in [0.4, 0.5) is 0 Å².